The largest absolute Gasteiger partial charge is 0.348 e. The van der Waals surface area contributed by atoms with Gasteiger partial charge in [-0.2, -0.15) is 0 Å². The summed E-state index contributed by atoms with van der Waals surface area (Å²) in [6.45, 7) is 4.51. The Hall–Kier alpha value is -2.76. The summed E-state index contributed by atoms with van der Waals surface area (Å²) < 4.78 is 0. The number of hydrogen-bond donors (Lipinski definition) is 1. The zero-order valence-corrected chi connectivity index (χ0v) is 14.5. The fourth-order valence-electron chi connectivity index (χ4n) is 3.23. The lowest BCUT2D eigenvalue weighted by Gasteiger charge is -2.25. The van der Waals surface area contributed by atoms with Crippen LogP contribution in [0.15, 0.2) is 36.5 Å². The van der Waals surface area contributed by atoms with E-state index in [1.165, 1.54) is 0 Å². The molecule has 1 atom stereocenters. The fraction of sp³-hybridized carbons (Fsp3) is 0.368. The third kappa shape index (κ3) is 3.84. The topological polar surface area (TPSA) is 75.2 Å². The average molecular weight is 338 g/mol. The summed E-state index contributed by atoms with van der Waals surface area (Å²) in [5, 5.41) is 2.92. The van der Waals surface area contributed by atoms with Gasteiger partial charge in [-0.05, 0) is 31.9 Å². The summed E-state index contributed by atoms with van der Waals surface area (Å²) in [6, 6.07) is 9.05. The summed E-state index contributed by atoms with van der Waals surface area (Å²) in [5.41, 5.74) is 2.31. The van der Waals surface area contributed by atoms with Gasteiger partial charge in [-0.25, -0.2) is 9.97 Å². The summed E-state index contributed by atoms with van der Waals surface area (Å²) in [5.74, 6) is 0.587. The Balaban J connectivity index is 1.80. The number of likely N-dealkylation sites (tertiary alicyclic amines) is 1. The van der Waals surface area contributed by atoms with Gasteiger partial charge in [0.15, 0.2) is 0 Å². The van der Waals surface area contributed by atoms with E-state index in [0.29, 0.717) is 17.9 Å². The molecule has 1 aliphatic rings. The Bertz CT molecular complexity index is 776. The number of nitrogens with zero attached hydrogens (tertiary/aromatic N) is 3. The first-order chi connectivity index (χ1) is 12.1. The van der Waals surface area contributed by atoms with Crippen LogP contribution in [0.1, 0.15) is 53.2 Å². The van der Waals surface area contributed by atoms with Gasteiger partial charge >= 0.3 is 0 Å². The summed E-state index contributed by atoms with van der Waals surface area (Å²) in [7, 11) is 0. The molecule has 6 heteroatoms. The highest BCUT2D eigenvalue weighted by atomic mass is 16.2. The first-order valence-electron chi connectivity index (χ1n) is 8.49. The van der Waals surface area contributed by atoms with Gasteiger partial charge in [0.1, 0.15) is 5.82 Å². The highest BCUT2D eigenvalue weighted by Crippen LogP contribution is 2.32. The normalized spacial score (nSPS) is 16.7. The maximum Gasteiger partial charge on any atom is 0.251 e. The number of rotatable bonds is 4. The van der Waals surface area contributed by atoms with Crippen LogP contribution in [0.2, 0.25) is 0 Å². The number of aryl methyl sites for hydroxylation is 1. The first-order valence-corrected chi connectivity index (χ1v) is 8.49. The second-order valence-corrected chi connectivity index (χ2v) is 6.25. The molecule has 0 radical (unpaired) electrons. The number of benzene rings is 1. The van der Waals surface area contributed by atoms with Crippen LogP contribution in [0.5, 0.6) is 0 Å². The number of aromatic nitrogens is 2. The lowest BCUT2D eigenvalue weighted by molar-refractivity contribution is -0.129. The first kappa shape index (κ1) is 17.1. The van der Waals surface area contributed by atoms with E-state index in [9.17, 15) is 9.59 Å². The molecule has 1 N–H and O–H groups in total. The van der Waals surface area contributed by atoms with Crippen molar-refractivity contribution in [1.82, 2.24) is 20.2 Å². The Labute approximate surface area is 147 Å². The molecule has 6 nitrogen and oxygen atoms in total. The lowest BCUT2D eigenvalue weighted by Crippen LogP contribution is -2.30. The molecule has 1 saturated heterocycles. The van der Waals surface area contributed by atoms with Gasteiger partial charge in [0.05, 0.1) is 11.7 Å². The fourth-order valence-corrected chi connectivity index (χ4v) is 3.23. The molecule has 1 fully saturated rings. The van der Waals surface area contributed by atoms with Gasteiger partial charge in [0, 0.05) is 37.3 Å². The zero-order chi connectivity index (χ0) is 17.8. The molecule has 3 rings (SSSR count). The Morgan fingerprint density at radius 2 is 2.04 bits per heavy atom. The quantitative estimate of drug-likeness (QED) is 0.929. The molecular formula is C19H22N4O2. The van der Waals surface area contributed by atoms with Crippen molar-refractivity contribution in [3.05, 3.63) is 59.2 Å². The van der Waals surface area contributed by atoms with Crippen molar-refractivity contribution in [2.75, 3.05) is 6.54 Å². The van der Waals surface area contributed by atoms with Crippen molar-refractivity contribution < 1.29 is 9.59 Å². The van der Waals surface area contributed by atoms with Crippen LogP contribution >= 0.6 is 0 Å². The van der Waals surface area contributed by atoms with Gasteiger partial charge in [0.25, 0.3) is 5.91 Å². The van der Waals surface area contributed by atoms with E-state index < -0.39 is 0 Å². The van der Waals surface area contributed by atoms with E-state index in [-0.39, 0.29) is 17.9 Å². The molecule has 1 aliphatic heterocycles. The van der Waals surface area contributed by atoms with E-state index in [1.807, 2.05) is 30.0 Å². The second kappa shape index (κ2) is 7.42. The number of carbonyl (C=O) groups excluding carboxylic acids is 2. The maximum absolute atomic E-state index is 12.3. The molecule has 2 heterocycles. The number of hydrogen-bond acceptors (Lipinski definition) is 4. The smallest absolute Gasteiger partial charge is 0.251 e. The number of carbonyl (C=O) groups is 2. The van der Waals surface area contributed by atoms with Crippen molar-refractivity contribution in [3.8, 4) is 0 Å². The van der Waals surface area contributed by atoms with Gasteiger partial charge in [-0.3, -0.25) is 9.59 Å². The van der Waals surface area contributed by atoms with Crippen molar-refractivity contribution >= 4 is 11.8 Å². The third-order valence-corrected chi connectivity index (χ3v) is 4.47. The van der Waals surface area contributed by atoms with Crippen LogP contribution in [0.3, 0.4) is 0 Å². The monoisotopic (exact) mass is 338 g/mol. The minimum atomic E-state index is -0.137. The minimum Gasteiger partial charge on any atom is -0.348 e. The van der Waals surface area contributed by atoms with Crippen LogP contribution in [0.25, 0.3) is 0 Å². The summed E-state index contributed by atoms with van der Waals surface area (Å²) in [4.78, 5) is 34.9. The highest BCUT2D eigenvalue weighted by molar-refractivity contribution is 5.94. The number of amides is 2. The standard InChI is InChI=1S/C19H22N4O2/c1-13-20-11-16(12-21-19(25)15-7-4-3-5-8-15)18(22-13)17-9-6-10-23(17)14(2)24/h3-5,7-8,11,17H,6,9-10,12H2,1-2H3,(H,21,25)/t17-/m1/s1. The van der Waals surface area contributed by atoms with E-state index in [4.69, 9.17) is 0 Å². The van der Waals surface area contributed by atoms with Gasteiger partial charge in [-0.15, -0.1) is 0 Å². The second-order valence-electron chi connectivity index (χ2n) is 6.25. The van der Waals surface area contributed by atoms with Crippen molar-refractivity contribution in [2.24, 2.45) is 0 Å². The van der Waals surface area contributed by atoms with Crippen LogP contribution < -0.4 is 5.32 Å². The van der Waals surface area contributed by atoms with E-state index >= 15 is 0 Å². The molecule has 130 valence electrons. The SMILES string of the molecule is CC(=O)N1CCC[C@@H]1c1nc(C)ncc1CNC(=O)c1ccccc1. The molecule has 0 aliphatic carbocycles. The summed E-state index contributed by atoms with van der Waals surface area (Å²) >= 11 is 0. The molecule has 0 saturated carbocycles. The number of nitrogens with one attached hydrogen (secondary N) is 1. The van der Waals surface area contributed by atoms with Gasteiger partial charge < -0.3 is 10.2 Å². The zero-order valence-electron chi connectivity index (χ0n) is 14.5. The molecule has 2 amide bonds. The Morgan fingerprint density at radius 3 is 2.76 bits per heavy atom. The van der Waals surface area contributed by atoms with E-state index in [2.05, 4.69) is 15.3 Å². The van der Waals surface area contributed by atoms with Crippen LogP contribution in [0.4, 0.5) is 0 Å². The molecule has 1 aromatic carbocycles. The minimum absolute atomic E-state index is 0.0390. The van der Waals surface area contributed by atoms with E-state index in [1.54, 1.807) is 25.3 Å². The molecule has 0 bridgehead atoms. The molecule has 1 aromatic heterocycles. The van der Waals surface area contributed by atoms with Gasteiger partial charge in [-0.1, -0.05) is 18.2 Å². The molecule has 0 unspecified atom stereocenters. The predicted octanol–water partition coefficient (Wildman–Crippen LogP) is 2.40. The predicted molar refractivity (Wildman–Crippen MR) is 93.7 cm³/mol. The van der Waals surface area contributed by atoms with Crippen molar-refractivity contribution in [2.45, 2.75) is 39.3 Å². The Morgan fingerprint density at radius 1 is 1.28 bits per heavy atom. The van der Waals surface area contributed by atoms with Crippen LogP contribution in [-0.2, 0) is 11.3 Å². The average Bonchev–Trinajstić information content (AvgIpc) is 3.11. The third-order valence-electron chi connectivity index (χ3n) is 4.47. The molecule has 0 spiro atoms. The molecule has 25 heavy (non-hydrogen) atoms. The van der Waals surface area contributed by atoms with Crippen LogP contribution in [0, 0.1) is 6.92 Å². The highest BCUT2D eigenvalue weighted by Gasteiger charge is 2.31. The lowest BCUT2D eigenvalue weighted by atomic mass is 10.1. The van der Waals surface area contributed by atoms with E-state index in [0.717, 1.165) is 30.6 Å². The maximum atomic E-state index is 12.3. The van der Waals surface area contributed by atoms with Crippen molar-refractivity contribution in [3.63, 3.8) is 0 Å². The van der Waals surface area contributed by atoms with Gasteiger partial charge in [0.2, 0.25) is 5.91 Å². The molecular weight excluding hydrogens is 316 g/mol. The van der Waals surface area contributed by atoms with Crippen LogP contribution in [-0.4, -0.2) is 33.2 Å². The summed E-state index contributed by atoms with van der Waals surface area (Å²) in [6.07, 6.45) is 3.60. The Kier molecular flexibility index (Phi) is 5.07. The van der Waals surface area contributed by atoms with Crippen molar-refractivity contribution in [1.29, 1.82) is 0 Å². The molecule has 2 aromatic rings.